The second-order valence-corrected chi connectivity index (χ2v) is 4.93. The van der Waals surface area contributed by atoms with Crippen LogP contribution in [-0.4, -0.2) is 66.2 Å². The number of esters is 1. The van der Waals surface area contributed by atoms with E-state index in [-0.39, 0.29) is 19.0 Å². The number of likely N-dealkylation sites (tertiary alicyclic amines) is 1. The number of nitrogens with zero attached hydrogens (tertiary/aromatic N) is 2. The molecule has 1 N–H and O–H groups in total. The second kappa shape index (κ2) is 7.72. The van der Waals surface area contributed by atoms with E-state index in [1.807, 2.05) is 0 Å². The van der Waals surface area contributed by atoms with E-state index >= 15 is 0 Å². The zero-order chi connectivity index (χ0) is 15.1. The summed E-state index contributed by atoms with van der Waals surface area (Å²) in [5, 5.41) is 9.23. The first-order chi connectivity index (χ1) is 9.47. The highest BCUT2D eigenvalue weighted by Gasteiger charge is 2.32. The summed E-state index contributed by atoms with van der Waals surface area (Å²) in [5.41, 5.74) is 0. The summed E-state index contributed by atoms with van der Waals surface area (Å²) < 4.78 is 4.52. The van der Waals surface area contributed by atoms with Gasteiger partial charge in [0.1, 0.15) is 6.04 Å². The molecule has 7 heteroatoms. The minimum atomic E-state index is -0.971. The van der Waals surface area contributed by atoms with Crippen molar-refractivity contribution in [2.24, 2.45) is 0 Å². The molecule has 0 bridgehead atoms. The van der Waals surface area contributed by atoms with Gasteiger partial charge in [-0.1, -0.05) is 12.8 Å². The zero-order valence-electron chi connectivity index (χ0n) is 12.0. The van der Waals surface area contributed by atoms with Crippen molar-refractivity contribution in [2.75, 3.05) is 27.2 Å². The number of carboxylic acids is 1. The third kappa shape index (κ3) is 4.40. The van der Waals surface area contributed by atoms with Gasteiger partial charge in [0.2, 0.25) is 0 Å². The van der Waals surface area contributed by atoms with Crippen LogP contribution in [0.4, 0.5) is 4.79 Å². The molecule has 1 unspecified atom stereocenters. The van der Waals surface area contributed by atoms with Gasteiger partial charge in [-0.3, -0.25) is 4.79 Å². The molecule has 1 rings (SSSR count). The van der Waals surface area contributed by atoms with Crippen LogP contribution in [0.1, 0.15) is 32.1 Å². The molecule has 0 spiro atoms. The van der Waals surface area contributed by atoms with Gasteiger partial charge in [0.25, 0.3) is 0 Å². The third-order valence-electron chi connectivity index (χ3n) is 3.49. The normalized spacial score (nSPS) is 19.1. The number of hydrogen-bond acceptors (Lipinski definition) is 4. The van der Waals surface area contributed by atoms with Crippen LogP contribution in [0.25, 0.3) is 0 Å². The predicted octanol–water partition coefficient (Wildman–Crippen LogP) is 0.930. The maximum atomic E-state index is 12.3. The molecule has 1 saturated heterocycles. The van der Waals surface area contributed by atoms with Crippen molar-refractivity contribution in [3.8, 4) is 0 Å². The predicted molar refractivity (Wildman–Crippen MR) is 71.3 cm³/mol. The van der Waals surface area contributed by atoms with Crippen molar-refractivity contribution in [1.82, 2.24) is 9.80 Å². The summed E-state index contributed by atoms with van der Waals surface area (Å²) in [6, 6.07) is -1.12. The van der Waals surface area contributed by atoms with Gasteiger partial charge in [-0.2, -0.15) is 0 Å². The van der Waals surface area contributed by atoms with E-state index < -0.39 is 18.0 Å². The van der Waals surface area contributed by atoms with Crippen LogP contribution in [-0.2, 0) is 14.3 Å². The number of carboxylic acid groups (broad SMARTS) is 1. The Morgan fingerprint density at radius 3 is 2.60 bits per heavy atom. The molecule has 0 radical (unpaired) electrons. The molecule has 114 valence electrons. The average molecular weight is 286 g/mol. The Labute approximate surface area is 118 Å². The largest absolute Gasteiger partial charge is 0.480 e. The summed E-state index contributed by atoms with van der Waals surface area (Å²) >= 11 is 0. The monoisotopic (exact) mass is 286 g/mol. The fourth-order valence-corrected chi connectivity index (χ4v) is 2.27. The van der Waals surface area contributed by atoms with E-state index in [0.29, 0.717) is 13.0 Å². The second-order valence-electron chi connectivity index (χ2n) is 4.93. The van der Waals surface area contributed by atoms with Crippen LogP contribution in [0, 0.1) is 0 Å². The maximum absolute atomic E-state index is 12.3. The SMILES string of the molecule is COC(=O)CCN(C)C(=O)N1CCCCCC1C(=O)O. The summed E-state index contributed by atoms with van der Waals surface area (Å²) in [6.45, 7) is 0.659. The van der Waals surface area contributed by atoms with Crippen LogP contribution in [0.5, 0.6) is 0 Å². The number of methoxy groups -OCH3 is 1. The van der Waals surface area contributed by atoms with E-state index in [0.717, 1.165) is 19.3 Å². The highest BCUT2D eigenvalue weighted by atomic mass is 16.5. The van der Waals surface area contributed by atoms with Gasteiger partial charge in [-0.15, -0.1) is 0 Å². The van der Waals surface area contributed by atoms with Gasteiger partial charge in [-0.05, 0) is 12.8 Å². The fraction of sp³-hybridized carbons (Fsp3) is 0.769. The van der Waals surface area contributed by atoms with Crippen LogP contribution in [0.3, 0.4) is 0 Å². The number of amides is 2. The molecule has 1 fully saturated rings. The summed E-state index contributed by atoms with van der Waals surface area (Å²) in [7, 11) is 2.86. The summed E-state index contributed by atoms with van der Waals surface area (Å²) in [4.78, 5) is 37.4. The van der Waals surface area contributed by atoms with Crippen molar-refractivity contribution in [3.63, 3.8) is 0 Å². The Morgan fingerprint density at radius 1 is 1.30 bits per heavy atom. The highest BCUT2D eigenvalue weighted by Crippen LogP contribution is 2.18. The molecule has 1 aliphatic heterocycles. The van der Waals surface area contributed by atoms with Gasteiger partial charge in [0, 0.05) is 20.1 Å². The van der Waals surface area contributed by atoms with E-state index in [4.69, 9.17) is 0 Å². The van der Waals surface area contributed by atoms with Gasteiger partial charge >= 0.3 is 18.0 Å². The molecule has 1 heterocycles. The molecule has 0 aliphatic carbocycles. The number of carbonyl (C=O) groups excluding carboxylic acids is 2. The molecule has 0 aromatic rings. The van der Waals surface area contributed by atoms with Gasteiger partial charge in [-0.25, -0.2) is 9.59 Å². The topological polar surface area (TPSA) is 87.2 Å². The summed E-state index contributed by atoms with van der Waals surface area (Å²) in [5.74, 6) is -1.36. The van der Waals surface area contributed by atoms with Crippen molar-refractivity contribution in [3.05, 3.63) is 0 Å². The summed E-state index contributed by atoms with van der Waals surface area (Å²) in [6.07, 6.45) is 3.13. The fourth-order valence-electron chi connectivity index (χ4n) is 2.27. The first-order valence-electron chi connectivity index (χ1n) is 6.78. The number of hydrogen-bond donors (Lipinski definition) is 1. The lowest BCUT2D eigenvalue weighted by atomic mass is 10.1. The van der Waals surface area contributed by atoms with Gasteiger partial charge in [0.05, 0.1) is 13.5 Å². The Bertz CT molecular complexity index is 372. The third-order valence-corrected chi connectivity index (χ3v) is 3.49. The molecule has 2 amide bonds. The lowest BCUT2D eigenvalue weighted by molar-refractivity contribution is -0.143. The Balaban J connectivity index is 2.65. The molecule has 1 atom stereocenters. The molecular weight excluding hydrogens is 264 g/mol. The minimum Gasteiger partial charge on any atom is -0.480 e. The molecular formula is C13H22N2O5. The molecule has 0 aromatic heterocycles. The van der Waals surface area contributed by atoms with Crippen LogP contribution in [0.2, 0.25) is 0 Å². The molecule has 1 aliphatic rings. The number of rotatable bonds is 4. The van der Waals surface area contributed by atoms with Crippen LogP contribution in [0.15, 0.2) is 0 Å². The standard InChI is InChI=1S/C13H22N2O5/c1-14(9-7-11(16)20-2)13(19)15-8-5-3-4-6-10(15)12(17)18/h10H,3-9H2,1-2H3,(H,17,18). The quantitative estimate of drug-likeness (QED) is 0.777. The minimum absolute atomic E-state index is 0.102. The Morgan fingerprint density at radius 2 is 2.00 bits per heavy atom. The number of urea groups is 1. The molecule has 7 nitrogen and oxygen atoms in total. The Kier molecular flexibility index (Phi) is 6.27. The van der Waals surface area contributed by atoms with Gasteiger partial charge in [0.15, 0.2) is 0 Å². The number of ether oxygens (including phenoxy) is 1. The van der Waals surface area contributed by atoms with E-state index in [1.54, 1.807) is 7.05 Å². The van der Waals surface area contributed by atoms with Crippen LogP contribution < -0.4 is 0 Å². The van der Waals surface area contributed by atoms with E-state index in [9.17, 15) is 19.5 Å². The molecule has 0 aromatic carbocycles. The van der Waals surface area contributed by atoms with Crippen LogP contribution >= 0.6 is 0 Å². The average Bonchev–Trinajstić information content (AvgIpc) is 2.69. The highest BCUT2D eigenvalue weighted by molar-refractivity contribution is 5.83. The molecule has 0 saturated carbocycles. The van der Waals surface area contributed by atoms with Crippen molar-refractivity contribution >= 4 is 18.0 Å². The zero-order valence-corrected chi connectivity index (χ0v) is 12.0. The number of aliphatic carboxylic acids is 1. The lowest BCUT2D eigenvalue weighted by Crippen LogP contribution is -2.50. The smallest absolute Gasteiger partial charge is 0.326 e. The maximum Gasteiger partial charge on any atom is 0.326 e. The first-order valence-corrected chi connectivity index (χ1v) is 6.78. The number of carbonyl (C=O) groups is 3. The van der Waals surface area contributed by atoms with Gasteiger partial charge < -0.3 is 19.6 Å². The van der Waals surface area contributed by atoms with E-state index in [1.165, 1.54) is 16.9 Å². The van der Waals surface area contributed by atoms with Crippen molar-refractivity contribution < 1.29 is 24.2 Å². The first kappa shape index (κ1) is 16.3. The lowest BCUT2D eigenvalue weighted by Gasteiger charge is -2.31. The van der Waals surface area contributed by atoms with Crippen molar-refractivity contribution in [2.45, 2.75) is 38.1 Å². The van der Waals surface area contributed by atoms with Crippen molar-refractivity contribution in [1.29, 1.82) is 0 Å². The Hall–Kier alpha value is -1.79. The van der Waals surface area contributed by atoms with E-state index in [2.05, 4.69) is 4.74 Å². The molecule has 20 heavy (non-hydrogen) atoms.